The van der Waals surface area contributed by atoms with Crippen molar-refractivity contribution in [3.05, 3.63) is 38.9 Å². The van der Waals surface area contributed by atoms with Crippen LogP contribution in [0.25, 0.3) is 0 Å². The van der Waals surface area contributed by atoms with E-state index in [1.54, 1.807) is 12.1 Å². The lowest BCUT2D eigenvalue weighted by Gasteiger charge is -2.05. The van der Waals surface area contributed by atoms with E-state index in [0.29, 0.717) is 10.9 Å². The first-order valence-corrected chi connectivity index (χ1v) is 9.40. The third kappa shape index (κ3) is 5.40. The summed E-state index contributed by atoms with van der Waals surface area (Å²) in [6, 6.07) is 4.77. The monoisotopic (exact) mass is 382 g/mol. The molecule has 0 atom stereocenters. The van der Waals surface area contributed by atoms with Crippen molar-refractivity contribution in [2.45, 2.75) is 25.5 Å². The Bertz CT molecular complexity index is 764. The molecule has 0 unspecified atom stereocenters. The predicted molar refractivity (Wildman–Crippen MR) is 98.4 cm³/mol. The number of benzene rings is 1. The quantitative estimate of drug-likeness (QED) is 0.550. The van der Waals surface area contributed by atoms with E-state index >= 15 is 0 Å². The molecule has 1 amide bonds. The zero-order chi connectivity index (χ0) is 18.4. The van der Waals surface area contributed by atoms with Crippen molar-refractivity contribution in [2.24, 2.45) is 0 Å². The van der Waals surface area contributed by atoms with Crippen LogP contribution in [0, 0.1) is 10.1 Å². The van der Waals surface area contributed by atoms with Crippen LogP contribution >= 0.6 is 23.1 Å². The van der Waals surface area contributed by atoms with Crippen LogP contribution in [0.2, 0.25) is 0 Å². The average molecular weight is 382 g/mol. The summed E-state index contributed by atoms with van der Waals surface area (Å²) in [4.78, 5) is 22.5. The number of aromatic nitrogens is 2. The highest BCUT2D eigenvalue weighted by atomic mass is 32.2. The smallest absolute Gasteiger partial charge is 0.311 e. The molecular weight excluding hydrogens is 364 g/mol. The molecule has 8 nitrogen and oxygen atoms in total. The molecule has 2 rings (SSSR count). The minimum Gasteiger partial charge on any atom is -0.490 e. The first-order valence-electron chi connectivity index (χ1n) is 7.43. The van der Waals surface area contributed by atoms with Crippen molar-refractivity contribution >= 4 is 39.8 Å². The number of nitrogens with zero attached hydrogens (tertiary/aromatic N) is 3. The third-order valence-corrected chi connectivity index (χ3v) is 5.27. The van der Waals surface area contributed by atoms with E-state index in [1.165, 1.54) is 36.3 Å². The molecule has 0 saturated heterocycles. The number of nitro groups is 1. The lowest BCUT2D eigenvalue weighted by molar-refractivity contribution is -0.385. The van der Waals surface area contributed by atoms with Gasteiger partial charge >= 0.3 is 5.69 Å². The fourth-order valence-electron chi connectivity index (χ4n) is 1.90. The number of nitrogens with one attached hydrogen (secondary N) is 1. The lowest BCUT2D eigenvalue weighted by Crippen LogP contribution is -2.14. The minimum atomic E-state index is -0.485. The number of nitro benzene ring substituents is 1. The van der Waals surface area contributed by atoms with E-state index in [4.69, 9.17) is 4.74 Å². The molecule has 0 radical (unpaired) electrons. The lowest BCUT2D eigenvalue weighted by atomic mass is 10.2. The molecule has 2 aromatic rings. The Balaban J connectivity index is 1.86. The number of carbonyl (C=O) groups excluding carboxylic acids is 1. The molecule has 0 fully saturated rings. The summed E-state index contributed by atoms with van der Waals surface area (Å²) in [7, 11) is 1.39. The van der Waals surface area contributed by atoms with Crippen LogP contribution < -0.4 is 10.1 Å². The highest BCUT2D eigenvalue weighted by Gasteiger charge is 2.15. The number of hydrogen-bond acceptors (Lipinski definition) is 8. The van der Waals surface area contributed by atoms with Gasteiger partial charge in [-0.25, -0.2) is 0 Å². The number of hydrogen-bond donors (Lipinski definition) is 1. The molecule has 1 heterocycles. The standard InChI is InChI=1S/C15H18N4O4S2/c1-9(2)14-17-18-15(25-14)16-13(20)8-24-7-10-4-5-12(23-3)11(6-10)19(21)22/h4-6,9H,7-8H2,1-3H3,(H,16,18,20). The van der Waals surface area contributed by atoms with Gasteiger partial charge in [0, 0.05) is 17.7 Å². The Labute approximate surface area is 153 Å². The maximum Gasteiger partial charge on any atom is 0.311 e. The average Bonchev–Trinajstić information content (AvgIpc) is 3.03. The van der Waals surface area contributed by atoms with Gasteiger partial charge in [-0.15, -0.1) is 22.0 Å². The van der Waals surface area contributed by atoms with Gasteiger partial charge in [0.15, 0.2) is 5.75 Å². The summed E-state index contributed by atoms with van der Waals surface area (Å²) in [6.07, 6.45) is 0. The normalized spacial score (nSPS) is 10.7. The first kappa shape index (κ1) is 19.1. The molecule has 134 valence electrons. The SMILES string of the molecule is COc1ccc(CSCC(=O)Nc2nnc(C(C)C)s2)cc1[N+](=O)[O-]. The molecule has 0 bridgehead atoms. The van der Waals surface area contributed by atoms with Crippen molar-refractivity contribution < 1.29 is 14.5 Å². The van der Waals surface area contributed by atoms with Gasteiger partial charge in [0.1, 0.15) is 5.01 Å². The molecule has 0 spiro atoms. The summed E-state index contributed by atoms with van der Waals surface area (Å²) < 4.78 is 4.97. The van der Waals surface area contributed by atoms with E-state index in [2.05, 4.69) is 15.5 Å². The van der Waals surface area contributed by atoms with Gasteiger partial charge in [0.25, 0.3) is 0 Å². The van der Waals surface area contributed by atoms with E-state index in [0.717, 1.165) is 10.6 Å². The van der Waals surface area contributed by atoms with Gasteiger partial charge in [0.2, 0.25) is 11.0 Å². The van der Waals surface area contributed by atoms with Gasteiger partial charge in [-0.2, -0.15) is 0 Å². The van der Waals surface area contributed by atoms with Crippen LogP contribution in [-0.4, -0.2) is 33.9 Å². The molecule has 0 aliphatic rings. The van der Waals surface area contributed by atoms with Crippen molar-refractivity contribution in [3.8, 4) is 5.75 Å². The molecule has 1 aromatic heterocycles. The molecule has 25 heavy (non-hydrogen) atoms. The maximum absolute atomic E-state index is 11.9. The summed E-state index contributed by atoms with van der Waals surface area (Å²) in [5.74, 6) is 0.999. The van der Waals surface area contributed by atoms with Gasteiger partial charge in [-0.3, -0.25) is 20.2 Å². The van der Waals surface area contributed by atoms with E-state index in [9.17, 15) is 14.9 Å². The summed E-state index contributed by atoms with van der Waals surface area (Å²) >= 11 is 2.72. The molecule has 1 N–H and O–H groups in total. The summed E-state index contributed by atoms with van der Waals surface area (Å²) in [6.45, 7) is 4.02. The third-order valence-electron chi connectivity index (χ3n) is 3.12. The Morgan fingerprint density at radius 3 is 2.80 bits per heavy atom. The molecule has 10 heteroatoms. The molecular formula is C15H18N4O4S2. The van der Waals surface area contributed by atoms with Crippen LogP contribution in [0.15, 0.2) is 18.2 Å². The van der Waals surface area contributed by atoms with Crippen molar-refractivity contribution in [1.29, 1.82) is 0 Å². The van der Waals surface area contributed by atoms with Crippen molar-refractivity contribution in [3.63, 3.8) is 0 Å². The van der Waals surface area contributed by atoms with E-state index in [1.807, 2.05) is 13.8 Å². The zero-order valence-corrected chi connectivity index (χ0v) is 15.6. The Kier molecular flexibility index (Phi) is 6.71. The van der Waals surface area contributed by atoms with Gasteiger partial charge in [-0.1, -0.05) is 31.3 Å². The van der Waals surface area contributed by atoms with E-state index in [-0.39, 0.29) is 29.0 Å². The Morgan fingerprint density at radius 2 is 2.20 bits per heavy atom. The fourth-order valence-corrected chi connectivity index (χ4v) is 3.44. The number of methoxy groups -OCH3 is 1. The fraction of sp³-hybridized carbons (Fsp3) is 0.400. The highest BCUT2D eigenvalue weighted by Crippen LogP contribution is 2.29. The van der Waals surface area contributed by atoms with Crippen molar-refractivity contribution in [1.82, 2.24) is 10.2 Å². The molecule has 1 aromatic carbocycles. The Hall–Kier alpha value is -2.20. The van der Waals surface area contributed by atoms with Crippen LogP contribution in [0.1, 0.15) is 30.3 Å². The van der Waals surface area contributed by atoms with Crippen LogP contribution in [0.3, 0.4) is 0 Å². The largest absolute Gasteiger partial charge is 0.490 e. The topological polar surface area (TPSA) is 107 Å². The minimum absolute atomic E-state index is 0.0832. The second-order valence-electron chi connectivity index (χ2n) is 5.40. The zero-order valence-electron chi connectivity index (χ0n) is 14.0. The maximum atomic E-state index is 11.9. The second-order valence-corrected chi connectivity index (χ2v) is 7.40. The Morgan fingerprint density at radius 1 is 1.44 bits per heavy atom. The number of rotatable bonds is 8. The highest BCUT2D eigenvalue weighted by molar-refractivity contribution is 7.99. The number of anilines is 1. The van der Waals surface area contributed by atoms with Gasteiger partial charge < -0.3 is 4.74 Å². The van der Waals surface area contributed by atoms with Crippen molar-refractivity contribution in [2.75, 3.05) is 18.2 Å². The van der Waals surface area contributed by atoms with E-state index < -0.39 is 4.92 Å². The second kappa shape index (κ2) is 8.77. The van der Waals surface area contributed by atoms with Gasteiger partial charge in [0.05, 0.1) is 17.8 Å². The van der Waals surface area contributed by atoms with Crippen LogP contribution in [0.4, 0.5) is 10.8 Å². The molecule has 0 saturated carbocycles. The first-order chi connectivity index (χ1) is 11.9. The number of thioether (sulfide) groups is 1. The van der Waals surface area contributed by atoms with Gasteiger partial charge in [-0.05, 0) is 11.6 Å². The molecule has 0 aliphatic carbocycles. The summed E-state index contributed by atoms with van der Waals surface area (Å²) in [5.41, 5.74) is 0.670. The number of carbonyl (C=O) groups is 1. The van der Waals surface area contributed by atoms with Crippen LogP contribution in [0.5, 0.6) is 5.75 Å². The van der Waals surface area contributed by atoms with Crippen LogP contribution in [-0.2, 0) is 10.5 Å². The summed E-state index contributed by atoms with van der Waals surface area (Å²) in [5, 5.41) is 23.0. The number of amides is 1. The number of ether oxygens (including phenoxy) is 1. The molecule has 0 aliphatic heterocycles. The predicted octanol–water partition coefficient (Wildman–Crippen LogP) is 3.45.